The van der Waals surface area contributed by atoms with Crippen LogP contribution in [0.1, 0.15) is 58.8 Å². The summed E-state index contributed by atoms with van der Waals surface area (Å²) in [6, 6.07) is 0.472. The van der Waals surface area contributed by atoms with Crippen molar-refractivity contribution in [1.29, 1.82) is 0 Å². The molecule has 1 saturated carbocycles. The van der Waals surface area contributed by atoms with Gasteiger partial charge in [-0.3, -0.25) is 0 Å². The first-order valence-electron chi connectivity index (χ1n) is 8.68. The Hall–Kier alpha value is -0.130. The maximum atomic E-state index is 12.6. The number of nitrogens with one attached hydrogen (secondary N) is 1. The van der Waals surface area contributed by atoms with Crippen LogP contribution in [0.2, 0.25) is 0 Å². The van der Waals surface area contributed by atoms with Crippen LogP contribution < -0.4 is 5.32 Å². The minimum absolute atomic E-state index is 0.386. The molecule has 0 bridgehead atoms. The normalized spacial score (nSPS) is 26.3. The Labute approximate surface area is 130 Å². The monoisotopic (exact) mass is 316 g/mol. The molecule has 2 fully saturated rings. The summed E-state index contributed by atoms with van der Waals surface area (Å²) in [6.45, 7) is 6.66. The molecule has 0 aromatic heterocycles. The molecule has 21 heavy (non-hydrogen) atoms. The molecule has 2 rings (SSSR count). The van der Waals surface area contributed by atoms with Gasteiger partial charge in [-0.2, -0.15) is 0 Å². The van der Waals surface area contributed by atoms with Gasteiger partial charge < -0.3 is 5.32 Å². The fourth-order valence-electron chi connectivity index (χ4n) is 3.61. The second kappa shape index (κ2) is 7.93. The predicted molar refractivity (Wildman–Crippen MR) is 87.8 cm³/mol. The van der Waals surface area contributed by atoms with Crippen LogP contribution in [0.5, 0.6) is 0 Å². The van der Waals surface area contributed by atoms with Gasteiger partial charge in [-0.25, -0.2) is 12.7 Å². The summed E-state index contributed by atoms with van der Waals surface area (Å²) >= 11 is 0. The van der Waals surface area contributed by atoms with Gasteiger partial charge >= 0.3 is 0 Å². The summed E-state index contributed by atoms with van der Waals surface area (Å²) in [5.74, 6) is 1.26. The van der Waals surface area contributed by atoms with E-state index in [1.165, 1.54) is 19.3 Å². The van der Waals surface area contributed by atoms with Crippen molar-refractivity contribution in [2.24, 2.45) is 11.8 Å². The van der Waals surface area contributed by atoms with Gasteiger partial charge in [0.1, 0.15) is 0 Å². The van der Waals surface area contributed by atoms with Crippen molar-refractivity contribution in [2.75, 3.05) is 25.4 Å². The quantitative estimate of drug-likeness (QED) is 0.819. The largest absolute Gasteiger partial charge is 0.314 e. The smallest absolute Gasteiger partial charge is 0.214 e. The molecule has 2 aliphatic rings. The zero-order valence-corrected chi connectivity index (χ0v) is 14.5. The molecule has 0 spiro atoms. The number of piperidine rings is 1. The van der Waals surface area contributed by atoms with Gasteiger partial charge in [0.15, 0.2) is 0 Å². The van der Waals surface area contributed by atoms with Gasteiger partial charge in [-0.1, -0.05) is 33.1 Å². The van der Waals surface area contributed by atoms with Gasteiger partial charge in [0.2, 0.25) is 10.0 Å². The molecule has 1 unspecified atom stereocenters. The molecule has 1 saturated heterocycles. The summed E-state index contributed by atoms with van der Waals surface area (Å²) in [7, 11) is -3.05. The van der Waals surface area contributed by atoms with Crippen LogP contribution in [0.25, 0.3) is 0 Å². The van der Waals surface area contributed by atoms with Crippen LogP contribution in [0.15, 0.2) is 0 Å². The number of sulfonamides is 1. The van der Waals surface area contributed by atoms with Crippen LogP contribution >= 0.6 is 0 Å². The van der Waals surface area contributed by atoms with Crippen molar-refractivity contribution >= 4 is 10.0 Å². The highest BCUT2D eigenvalue weighted by Crippen LogP contribution is 2.27. The van der Waals surface area contributed by atoms with Crippen LogP contribution in [-0.2, 0) is 10.0 Å². The highest BCUT2D eigenvalue weighted by atomic mass is 32.2. The lowest BCUT2D eigenvalue weighted by Gasteiger charge is -2.34. The SMILES string of the molecule is CC(C)NCC1CCCN(S(=O)(=O)CC2CCCCC2)C1. The van der Waals surface area contributed by atoms with Gasteiger partial charge in [-0.05, 0) is 44.1 Å². The molecule has 1 heterocycles. The number of nitrogens with zero attached hydrogens (tertiary/aromatic N) is 1. The predicted octanol–water partition coefficient (Wildman–Crippen LogP) is 2.61. The van der Waals surface area contributed by atoms with Crippen LogP contribution in [0, 0.1) is 11.8 Å². The Bertz CT molecular complexity index is 403. The van der Waals surface area contributed by atoms with E-state index in [9.17, 15) is 8.42 Å². The van der Waals surface area contributed by atoms with E-state index in [1.54, 1.807) is 4.31 Å². The van der Waals surface area contributed by atoms with Crippen LogP contribution in [-0.4, -0.2) is 44.2 Å². The molecule has 1 aliphatic heterocycles. The third-order valence-corrected chi connectivity index (χ3v) is 6.87. The molecule has 0 aromatic rings. The molecule has 124 valence electrons. The Morgan fingerprint density at radius 2 is 1.71 bits per heavy atom. The lowest BCUT2D eigenvalue weighted by molar-refractivity contribution is 0.254. The fourth-order valence-corrected chi connectivity index (χ4v) is 5.59. The third-order valence-electron chi connectivity index (χ3n) is 4.86. The van der Waals surface area contributed by atoms with E-state index < -0.39 is 10.0 Å². The molecular weight excluding hydrogens is 284 g/mol. The van der Waals surface area contributed by atoms with Crippen molar-refractivity contribution in [1.82, 2.24) is 9.62 Å². The number of hydrogen-bond acceptors (Lipinski definition) is 3. The summed E-state index contributed by atoms with van der Waals surface area (Å²) < 4.78 is 27.1. The maximum Gasteiger partial charge on any atom is 0.214 e. The van der Waals surface area contributed by atoms with Crippen molar-refractivity contribution in [3.05, 3.63) is 0 Å². The van der Waals surface area contributed by atoms with E-state index in [1.807, 2.05) is 0 Å². The first kappa shape index (κ1) is 17.2. The van der Waals surface area contributed by atoms with E-state index >= 15 is 0 Å². The van der Waals surface area contributed by atoms with E-state index in [4.69, 9.17) is 0 Å². The highest BCUT2D eigenvalue weighted by molar-refractivity contribution is 7.89. The number of rotatable bonds is 6. The van der Waals surface area contributed by atoms with Gasteiger partial charge in [0.05, 0.1) is 5.75 Å². The summed E-state index contributed by atoms with van der Waals surface area (Å²) in [6.07, 6.45) is 8.06. The van der Waals surface area contributed by atoms with Crippen molar-refractivity contribution < 1.29 is 8.42 Å². The molecule has 4 nitrogen and oxygen atoms in total. The average Bonchev–Trinajstić information content (AvgIpc) is 2.46. The molecule has 5 heteroatoms. The van der Waals surface area contributed by atoms with Crippen molar-refractivity contribution in [3.8, 4) is 0 Å². The minimum Gasteiger partial charge on any atom is -0.314 e. The zero-order chi connectivity index (χ0) is 15.3. The van der Waals surface area contributed by atoms with Crippen LogP contribution in [0.3, 0.4) is 0 Å². The van der Waals surface area contributed by atoms with Crippen molar-refractivity contribution in [2.45, 2.75) is 64.8 Å². The lowest BCUT2D eigenvalue weighted by Crippen LogP contribution is -2.45. The Morgan fingerprint density at radius 1 is 1.05 bits per heavy atom. The van der Waals surface area contributed by atoms with Gasteiger partial charge in [0.25, 0.3) is 0 Å². The topological polar surface area (TPSA) is 49.4 Å². The zero-order valence-electron chi connectivity index (χ0n) is 13.7. The van der Waals surface area contributed by atoms with E-state index in [0.717, 1.165) is 45.3 Å². The van der Waals surface area contributed by atoms with Crippen molar-refractivity contribution in [3.63, 3.8) is 0 Å². The van der Waals surface area contributed by atoms with Crippen LogP contribution in [0.4, 0.5) is 0 Å². The molecule has 1 aliphatic carbocycles. The minimum atomic E-state index is -3.05. The third kappa shape index (κ3) is 5.53. The first-order chi connectivity index (χ1) is 9.97. The maximum absolute atomic E-state index is 12.6. The average molecular weight is 317 g/mol. The first-order valence-corrected chi connectivity index (χ1v) is 10.3. The van der Waals surface area contributed by atoms with Gasteiger partial charge in [-0.15, -0.1) is 0 Å². The Kier molecular flexibility index (Phi) is 6.51. The summed E-state index contributed by atoms with van der Waals surface area (Å²) in [4.78, 5) is 0. The fraction of sp³-hybridized carbons (Fsp3) is 1.00. The van der Waals surface area contributed by atoms with Gasteiger partial charge in [0, 0.05) is 19.1 Å². The second-order valence-corrected chi connectivity index (χ2v) is 9.23. The van der Waals surface area contributed by atoms with E-state index in [0.29, 0.717) is 23.6 Å². The standard InChI is InChI=1S/C16H32N2O2S/c1-14(2)17-11-16-9-6-10-18(12-16)21(19,20)13-15-7-4-3-5-8-15/h14-17H,3-13H2,1-2H3. The lowest BCUT2D eigenvalue weighted by atomic mass is 9.91. The molecule has 0 amide bonds. The Balaban J connectivity index is 1.86. The summed E-state index contributed by atoms with van der Waals surface area (Å²) in [5, 5.41) is 3.45. The van der Waals surface area contributed by atoms with E-state index in [-0.39, 0.29) is 0 Å². The molecule has 0 radical (unpaired) electrons. The second-order valence-electron chi connectivity index (χ2n) is 7.21. The van der Waals surface area contributed by atoms with E-state index in [2.05, 4.69) is 19.2 Å². The molecule has 0 aromatic carbocycles. The molecular formula is C16H32N2O2S. The summed E-state index contributed by atoms with van der Waals surface area (Å²) in [5.41, 5.74) is 0. The number of hydrogen-bond donors (Lipinski definition) is 1. The molecule has 1 atom stereocenters. The highest BCUT2D eigenvalue weighted by Gasteiger charge is 2.31. The molecule has 1 N–H and O–H groups in total. The Morgan fingerprint density at radius 3 is 2.38 bits per heavy atom.